The quantitative estimate of drug-likeness (QED) is 0.728. The van der Waals surface area contributed by atoms with Crippen molar-refractivity contribution in [3.05, 3.63) is 66.4 Å². The van der Waals surface area contributed by atoms with Gasteiger partial charge in [0, 0.05) is 5.56 Å². The second-order valence-corrected chi connectivity index (χ2v) is 4.48. The third-order valence-corrected chi connectivity index (χ3v) is 3.06. The highest BCUT2D eigenvalue weighted by molar-refractivity contribution is 5.56. The Hall–Kier alpha value is -2.62. The van der Waals surface area contributed by atoms with Gasteiger partial charge in [0.1, 0.15) is 11.4 Å². The van der Waals surface area contributed by atoms with Gasteiger partial charge in [-0.25, -0.2) is 0 Å². The van der Waals surface area contributed by atoms with Gasteiger partial charge in [0.25, 0.3) is 0 Å². The minimum absolute atomic E-state index is 0.629. The predicted octanol–water partition coefficient (Wildman–Crippen LogP) is 3.00. The lowest BCUT2D eigenvalue weighted by molar-refractivity contribution is 0.414. The maximum Gasteiger partial charge on any atom is 0.119 e. The maximum atomic E-state index is 5.22. The van der Waals surface area contributed by atoms with Gasteiger partial charge >= 0.3 is 0 Å². The minimum Gasteiger partial charge on any atom is -0.497 e. The highest BCUT2D eigenvalue weighted by Gasteiger charge is 2.04. The Balaban J connectivity index is 1.80. The van der Waals surface area contributed by atoms with Gasteiger partial charge in [-0.3, -0.25) is 0 Å². The first-order valence-corrected chi connectivity index (χ1v) is 6.43. The molecule has 3 aromatic rings. The molecule has 4 nitrogen and oxygen atoms in total. The Bertz CT molecular complexity index is 692. The Kier molecular flexibility index (Phi) is 3.46. The van der Waals surface area contributed by atoms with Crippen molar-refractivity contribution in [2.75, 3.05) is 7.11 Å². The third-order valence-electron chi connectivity index (χ3n) is 3.06. The smallest absolute Gasteiger partial charge is 0.119 e. The van der Waals surface area contributed by atoms with Gasteiger partial charge in [0.15, 0.2) is 0 Å². The standard InChI is InChI=1S/C16H15N3O/c1-20-15-9-5-6-13(10-15)12-19-17-11-16(18-19)14-7-3-2-4-8-14/h2-11H,12H2,1H3. The summed E-state index contributed by atoms with van der Waals surface area (Å²) >= 11 is 0. The zero-order chi connectivity index (χ0) is 13.8. The normalized spacial score (nSPS) is 10.4. The van der Waals surface area contributed by atoms with Crippen LogP contribution < -0.4 is 4.74 Å². The number of nitrogens with zero attached hydrogens (tertiary/aromatic N) is 3. The Morgan fingerprint density at radius 3 is 2.70 bits per heavy atom. The summed E-state index contributed by atoms with van der Waals surface area (Å²) in [5.41, 5.74) is 3.07. The lowest BCUT2D eigenvalue weighted by Crippen LogP contribution is -2.03. The van der Waals surface area contributed by atoms with Crippen molar-refractivity contribution in [1.82, 2.24) is 15.0 Å². The topological polar surface area (TPSA) is 39.9 Å². The summed E-state index contributed by atoms with van der Waals surface area (Å²) in [5.74, 6) is 0.845. The molecule has 0 aliphatic heterocycles. The molecule has 0 saturated heterocycles. The van der Waals surface area contributed by atoms with Crippen LogP contribution in [0.15, 0.2) is 60.8 Å². The second-order valence-electron chi connectivity index (χ2n) is 4.48. The average Bonchev–Trinajstić information content (AvgIpc) is 2.97. The molecule has 0 unspecified atom stereocenters. The summed E-state index contributed by atoms with van der Waals surface area (Å²) < 4.78 is 5.22. The van der Waals surface area contributed by atoms with Crippen LogP contribution in [-0.4, -0.2) is 22.1 Å². The molecule has 0 atom stereocenters. The van der Waals surface area contributed by atoms with E-state index in [2.05, 4.69) is 10.2 Å². The molecule has 1 aromatic heterocycles. The van der Waals surface area contributed by atoms with Gasteiger partial charge in [-0.2, -0.15) is 15.0 Å². The van der Waals surface area contributed by atoms with Crippen LogP contribution in [0.1, 0.15) is 5.56 Å². The van der Waals surface area contributed by atoms with E-state index in [-0.39, 0.29) is 0 Å². The van der Waals surface area contributed by atoms with Crippen LogP contribution in [0.2, 0.25) is 0 Å². The third kappa shape index (κ3) is 2.69. The average molecular weight is 265 g/mol. The zero-order valence-corrected chi connectivity index (χ0v) is 11.2. The predicted molar refractivity (Wildman–Crippen MR) is 77.6 cm³/mol. The van der Waals surface area contributed by atoms with Crippen molar-refractivity contribution < 1.29 is 4.74 Å². The molecule has 0 fully saturated rings. The molecule has 1 heterocycles. The lowest BCUT2D eigenvalue weighted by atomic mass is 10.2. The monoisotopic (exact) mass is 265 g/mol. The van der Waals surface area contributed by atoms with Crippen molar-refractivity contribution in [1.29, 1.82) is 0 Å². The molecule has 4 heteroatoms. The van der Waals surface area contributed by atoms with E-state index in [1.807, 2.05) is 54.6 Å². The summed E-state index contributed by atoms with van der Waals surface area (Å²) in [6.07, 6.45) is 1.79. The molecule has 3 rings (SSSR count). The highest BCUT2D eigenvalue weighted by atomic mass is 16.5. The van der Waals surface area contributed by atoms with Crippen LogP contribution in [-0.2, 0) is 6.54 Å². The zero-order valence-electron chi connectivity index (χ0n) is 11.2. The number of methoxy groups -OCH3 is 1. The van der Waals surface area contributed by atoms with E-state index >= 15 is 0 Å². The second kappa shape index (κ2) is 5.57. The number of aromatic nitrogens is 3. The maximum absolute atomic E-state index is 5.22. The molecule has 100 valence electrons. The molecule has 0 aliphatic carbocycles. The van der Waals surface area contributed by atoms with E-state index in [0.717, 1.165) is 22.6 Å². The van der Waals surface area contributed by atoms with Gasteiger partial charge in [0.05, 0.1) is 19.9 Å². The Labute approximate surface area is 117 Å². The fourth-order valence-electron chi connectivity index (χ4n) is 2.05. The van der Waals surface area contributed by atoms with Gasteiger partial charge in [-0.1, -0.05) is 42.5 Å². The number of hydrogen-bond donors (Lipinski definition) is 0. The van der Waals surface area contributed by atoms with E-state index in [1.54, 1.807) is 18.1 Å². The molecular formula is C16H15N3O. The van der Waals surface area contributed by atoms with E-state index in [9.17, 15) is 0 Å². The SMILES string of the molecule is COc1cccc(Cn2ncc(-c3ccccc3)n2)c1. The fraction of sp³-hybridized carbons (Fsp3) is 0.125. The number of ether oxygens (including phenoxy) is 1. The summed E-state index contributed by atoms with van der Waals surface area (Å²) in [6.45, 7) is 0.629. The number of rotatable bonds is 4. The molecule has 0 N–H and O–H groups in total. The van der Waals surface area contributed by atoms with E-state index in [1.165, 1.54) is 0 Å². The van der Waals surface area contributed by atoms with Crippen LogP contribution in [0.5, 0.6) is 5.75 Å². The molecule has 0 aliphatic rings. The minimum atomic E-state index is 0.629. The highest BCUT2D eigenvalue weighted by Crippen LogP contribution is 2.16. The van der Waals surface area contributed by atoms with Crippen molar-refractivity contribution in [2.24, 2.45) is 0 Å². The molecule has 20 heavy (non-hydrogen) atoms. The first kappa shape index (κ1) is 12.4. The van der Waals surface area contributed by atoms with Crippen molar-refractivity contribution in [3.63, 3.8) is 0 Å². The van der Waals surface area contributed by atoms with Crippen molar-refractivity contribution >= 4 is 0 Å². The number of hydrogen-bond acceptors (Lipinski definition) is 3. The molecule has 0 saturated carbocycles. The molecule has 0 radical (unpaired) electrons. The van der Waals surface area contributed by atoms with Gasteiger partial charge in [-0.05, 0) is 17.7 Å². The van der Waals surface area contributed by atoms with Crippen molar-refractivity contribution in [2.45, 2.75) is 6.54 Å². The summed E-state index contributed by atoms with van der Waals surface area (Å²) in [4.78, 5) is 1.69. The van der Waals surface area contributed by atoms with E-state index in [0.29, 0.717) is 6.54 Å². The first-order valence-electron chi connectivity index (χ1n) is 6.43. The molecule has 2 aromatic carbocycles. The summed E-state index contributed by atoms with van der Waals surface area (Å²) in [7, 11) is 1.67. The fourth-order valence-corrected chi connectivity index (χ4v) is 2.05. The van der Waals surface area contributed by atoms with Crippen LogP contribution in [0.4, 0.5) is 0 Å². The summed E-state index contributed by atoms with van der Waals surface area (Å²) in [5, 5.41) is 8.80. The van der Waals surface area contributed by atoms with Gasteiger partial charge in [-0.15, -0.1) is 0 Å². The Morgan fingerprint density at radius 1 is 1.05 bits per heavy atom. The van der Waals surface area contributed by atoms with Gasteiger partial charge in [0.2, 0.25) is 0 Å². The van der Waals surface area contributed by atoms with Gasteiger partial charge < -0.3 is 4.74 Å². The summed E-state index contributed by atoms with van der Waals surface area (Å²) in [6, 6.07) is 18.0. The largest absolute Gasteiger partial charge is 0.497 e. The Morgan fingerprint density at radius 2 is 1.90 bits per heavy atom. The van der Waals surface area contributed by atoms with E-state index in [4.69, 9.17) is 4.74 Å². The lowest BCUT2D eigenvalue weighted by Gasteiger charge is -2.03. The molecular weight excluding hydrogens is 250 g/mol. The van der Waals surface area contributed by atoms with Crippen LogP contribution >= 0.6 is 0 Å². The molecule has 0 amide bonds. The number of benzene rings is 2. The van der Waals surface area contributed by atoms with Crippen molar-refractivity contribution in [3.8, 4) is 17.0 Å². The van der Waals surface area contributed by atoms with E-state index < -0.39 is 0 Å². The molecule has 0 spiro atoms. The van der Waals surface area contributed by atoms with Crippen LogP contribution in [0.3, 0.4) is 0 Å². The first-order chi connectivity index (χ1) is 9.85. The molecule has 0 bridgehead atoms. The van der Waals surface area contributed by atoms with Crippen LogP contribution in [0.25, 0.3) is 11.3 Å². The van der Waals surface area contributed by atoms with Crippen LogP contribution in [0, 0.1) is 0 Å².